The summed E-state index contributed by atoms with van der Waals surface area (Å²) in [5.74, 6) is 1.17. The third kappa shape index (κ3) is 3.41. The van der Waals surface area contributed by atoms with E-state index in [4.69, 9.17) is 16.3 Å². The van der Waals surface area contributed by atoms with Crippen LogP contribution in [0.3, 0.4) is 0 Å². The predicted octanol–water partition coefficient (Wildman–Crippen LogP) is 3.41. The Morgan fingerprint density at radius 2 is 2.17 bits per heavy atom. The lowest BCUT2D eigenvalue weighted by Crippen LogP contribution is -2.57. The topological polar surface area (TPSA) is 54.5 Å². The van der Waals surface area contributed by atoms with E-state index in [1.165, 1.54) is 37.3 Å². The SMILES string of the molecule is O=C(NC1CN2CCC1CC2)c1ccc(Oc2cncc(Cl)c2)s1. The molecule has 5 rings (SSSR count). The molecule has 24 heavy (non-hydrogen) atoms. The zero-order valence-electron chi connectivity index (χ0n) is 13.1. The second-order valence-corrected chi connectivity index (χ2v) is 7.76. The molecule has 0 spiro atoms. The number of aromatic nitrogens is 1. The maximum atomic E-state index is 12.5. The Hall–Kier alpha value is -1.63. The Bertz CT molecular complexity index is 743. The van der Waals surface area contributed by atoms with Crippen molar-refractivity contribution in [3.63, 3.8) is 0 Å². The highest BCUT2D eigenvalue weighted by Crippen LogP contribution is 2.31. The summed E-state index contributed by atoms with van der Waals surface area (Å²) in [7, 11) is 0. The fourth-order valence-corrected chi connectivity index (χ4v) is 4.37. The second kappa shape index (κ2) is 6.70. The number of amides is 1. The fraction of sp³-hybridized carbons (Fsp3) is 0.412. The van der Waals surface area contributed by atoms with Gasteiger partial charge >= 0.3 is 0 Å². The molecule has 1 unspecified atom stereocenters. The van der Waals surface area contributed by atoms with Gasteiger partial charge in [0.05, 0.1) is 16.1 Å². The molecule has 3 saturated heterocycles. The Morgan fingerprint density at radius 3 is 2.88 bits per heavy atom. The van der Waals surface area contributed by atoms with Crippen molar-refractivity contribution in [3.05, 3.63) is 40.5 Å². The number of halogens is 1. The van der Waals surface area contributed by atoms with Gasteiger partial charge in [-0.3, -0.25) is 9.78 Å². The number of nitrogens with one attached hydrogen (secondary N) is 1. The molecule has 0 radical (unpaired) electrons. The molecule has 1 atom stereocenters. The normalized spacial score (nSPS) is 25.5. The summed E-state index contributed by atoms with van der Waals surface area (Å²) >= 11 is 7.23. The first-order valence-electron chi connectivity index (χ1n) is 8.09. The molecule has 0 aromatic carbocycles. The highest BCUT2D eigenvalue weighted by atomic mass is 35.5. The minimum atomic E-state index is -0.0159. The van der Waals surface area contributed by atoms with Crippen LogP contribution in [0.25, 0.3) is 0 Å². The number of carbonyl (C=O) groups is 1. The number of ether oxygens (including phenoxy) is 1. The van der Waals surface area contributed by atoms with E-state index in [1.807, 2.05) is 0 Å². The van der Waals surface area contributed by atoms with Crippen LogP contribution in [-0.4, -0.2) is 41.5 Å². The Kier molecular flexibility index (Phi) is 4.43. The van der Waals surface area contributed by atoms with E-state index in [1.54, 1.807) is 30.6 Å². The van der Waals surface area contributed by atoms with Crippen molar-refractivity contribution in [1.29, 1.82) is 0 Å². The van der Waals surface area contributed by atoms with Crippen molar-refractivity contribution in [2.45, 2.75) is 18.9 Å². The van der Waals surface area contributed by atoms with Crippen LogP contribution in [0.5, 0.6) is 10.8 Å². The van der Waals surface area contributed by atoms with Crippen LogP contribution in [-0.2, 0) is 0 Å². The van der Waals surface area contributed by atoms with E-state index >= 15 is 0 Å². The van der Waals surface area contributed by atoms with Crippen molar-refractivity contribution in [2.24, 2.45) is 5.92 Å². The molecule has 0 aliphatic carbocycles. The zero-order chi connectivity index (χ0) is 16.5. The minimum Gasteiger partial charge on any atom is -0.445 e. The van der Waals surface area contributed by atoms with E-state index in [-0.39, 0.29) is 11.9 Å². The van der Waals surface area contributed by atoms with Crippen molar-refractivity contribution in [3.8, 4) is 10.8 Å². The number of rotatable bonds is 4. The number of nitrogens with zero attached hydrogens (tertiary/aromatic N) is 2. The van der Waals surface area contributed by atoms with E-state index in [0.29, 0.717) is 26.6 Å². The quantitative estimate of drug-likeness (QED) is 0.904. The highest BCUT2D eigenvalue weighted by Gasteiger charge is 2.35. The molecule has 3 fully saturated rings. The summed E-state index contributed by atoms with van der Waals surface area (Å²) in [6.45, 7) is 3.31. The molecule has 126 valence electrons. The molecule has 1 N–H and O–H groups in total. The van der Waals surface area contributed by atoms with Crippen LogP contribution < -0.4 is 10.1 Å². The highest BCUT2D eigenvalue weighted by molar-refractivity contribution is 7.15. The molecule has 3 aliphatic heterocycles. The van der Waals surface area contributed by atoms with Gasteiger partial charge in [0, 0.05) is 24.8 Å². The number of pyridine rings is 1. The molecule has 2 bridgehead atoms. The van der Waals surface area contributed by atoms with Crippen molar-refractivity contribution >= 4 is 28.8 Å². The summed E-state index contributed by atoms with van der Waals surface area (Å²) in [5.41, 5.74) is 0. The van der Waals surface area contributed by atoms with Gasteiger partial charge in [-0.25, -0.2) is 0 Å². The van der Waals surface area contributed by atoms with E-state index in [2.05, 4.69) is 15.2 Å². The van der Waals surface area contributed by atoms with E-state index < -0.39 is 0 Å². The Morgan fingerprint density at radius 1 is 1.33 bits per heavy atom. The molecule has 7 heteroatoms. The Labute approximate surface area is 149 Å². The first-order chi connectivity index (χ1) is 11.7. The van der Waals surface area contributed by atoms with Gasteiger partial charge in [0.1, 0.15) is 5.75 Å². The lowest BCUT2D eigenvalue weighted by molar-refractivity contribution is 0.0622. The summed E-state index contributed by atoms with van der Waals surface area (Å²) in [6, 6.07) is 5.57. The van der Waals surface area contributed by atoms with Crippen LogP contribution >= 0.6 is 22.9 Å². The molecular formula is C17H18ClN3O2S. The first-order valence-corrected chi connectivity index (χ1v) is 9.28. The molecule has 1 amide bonds. The largest absolute Gasteiger partial charge is 0.445 e. The second-order valence-electron chi connectivity index (χ2n) is 6.28. The lowest BCUT2D eigenvalue weighted by Gasteiger charge is -2.44. The Balaban J connectivity index is 1.40. The van der Waals surface area contributed by atoms with E-state index in [9.17, 15) is 4.79 Å². The van der Waals surface area contributed by atoms with Crippen LogP contribution in [0, 0.1) is 5.92 Å². The van der Waals surface area contributed by atoms with Crippen LogP contribution in [0.15, 0.2) is 30.6 Å². The lowest BCUT2D eigenvalue weighted by atomic mass is 9.84. The van der Waals surface area contributed by atoms with Gasteiger partial charge in [0.15, 0.2) is 5.06 Å². The minimum absolute atomic E-state index is 0.0159. The zero-order valence-corrected chi connectivity index (χ0v) is 14.6. The number of piperidine rings is 3. The van der Waals surface area contributed by atoms with Gasteiger partial charge in [0.2, 0.25) is 0 Å². The number of carbonyl (C=O) groups excluding carboxylic acids is 1. The maximum Gasteiger partial charge on any atom is 0.261 e. The van der Waals surface area contributed by atoms with Gasteiger partial charge in [-0.15, -0.1) is 0 Å². The van der Waals surface area contributed by atoms with Gasteiger partial charge in [-0.2, -0.15) is 0 Å². The first kappa shape index (κ1) is 15.9. The van der Waals surface area contributed by atoms with Crippen LogP contribution in [0.2, 0.25) is 5.02 Å². The average Bonchev–Trinajstić information content (AvgIpc) is 3.05. The summed E-state index contributed by atoms with van der Waals surface area (Å²) < 4.78 is 5.71. The van der Waals surface area contributed by atoms with Crippen molar-refractivity contribution < 1.29 is 9.53 Å². The van der Waals surface area contributed by atoms with Crippen LogP contribution in [0.1, 0.15) is 22.5 Å². The van der Waals surface area contributed by atoms with Gasteiger partial charge in [-0.05, 0) is 44.0 Å². The predicted molar refractivity (Wildman–Crippen MR) is 94.1 cm³/mol. The maximum absolute atomic E-state index is 12.5. The fourth-order valence-electron chi connectivity index (χ4n) is 3.43. The van der Waals surface area contributed by atoms with Gasteiger partial charge in [0.25, 0.3) is 5.91 Å². The molecule has 5 nitrogen and oxygen atoms in total. The average molecular weight is 364 g/mol. The van der Waals surface area contributed by atoms with Gasteiger partial charge in [-0.1, -0.05) is 22.9 Å². The summed E-state index contributed by atoms with van der Waals surface area (Å²) in [6.07, 6.45) is 5.52. The monoisotopic (exact) mass is 363 g/mol. The summed E-state index contributed by atoms with van der Waals surface area (Å²) in [4.78, 5) is 19.6. The standard InChI is InChI=1S/C17H18ClN3O2S/c18-12-7-13(9-19-8-12)23-16-2-1-15(24-16)17(22)20-14-10-21-5-3-11(14)4-6-21/h1-2,7-9,11,14H,3-6,10H2,(H,20,22). The third-order valence-electron chi connectivity index (χ3n) is 4.68. The molecule has 2 aromatic heterocycles. The van der Waals surface area contributed by atoms with Crippen molar-refractivity contribution in [2.75, 3.05) is 19.6 Å². The third-order valence-corrected chi connectivity index (χ3v) is 5.84. The molecule has 3 aliphatic rings. The number of hydrogen-bond donors (Lipinski definition) is 1. The summed E-state index contributed by atoms with van der Waals surface area (Å²) in [5, 5.41) is 4.36. The molecule has 5 heterocycles. The molecule has 0 saturated carbocycles. The number of thiophene rings is 1. The van der Waals surface area contributed by atoms with Gasteiger partial charge < -0.3 is 15.0 Å². The number of fused-ring (bicyclic) bond motifs is 3. The smallest absolute Gasteiger partial charge is 0.261 e. The number of hydrogen-bond acceptors (Lipinski definition) is 5. The molecule has 2 aromatic rings. The van der Waals surface area contributed by atoms with Crippen LogP contribution in [0.4, 0.5) is 0 Å². The van der Waals surface area contributed by atoms with E-state index in [0.717, 1.165) is 6.54 Å². The molecular weight excluding hydrogens is 346 g/mol. The van der Waals surface area contributed by atoms with Crippen molar-refractivity contribution in [1.82, 2.24) is 15.2 Å².